The van der Waals surface area contributed by atoms with Crippen molar-refractivity contribution in [2.24, 2.45) is 0 Å². The molecule has 5 nitrogen and oxygen atoms in total. The maximum atomic E-state index is 5.19. The highest BCUT2D eigenvalue weighted by Gasteiger charge is 2.20. The summed E-state index contributed by atoms with van der Waals surface area (Å²) in [6.07, 6.45) is 5.24. The van der Waals surface area contributed by atoms with Crippen LogP contribution >= 0.6 is 0 Å². The molecule has 0 saturated carbocycles. The second-order valence-corrected chi connectivity index (χ2v) is 14.3. The van der Waals surface area contributed by atoms with Crippen molar-refractivity contribution < 1.29 is 0 Å². The van der Waals surface area contributed by atoms with Gasteiger partial charge in [-0.1, -0.05) is 115 Å². The van der Waals surface area contributed by atoms with Gasteiger partial charge in [-0.3, -0.25) is 14.4 Å². The molecule has 0 aliphatic rings. The molecule has 0 unspecified atom stereocenters. The summed E-state index contributed by atoms with van der Waals surface area (Å²) in [6, 6.07) is 57.4. The summed E-state index contributed by atoms with van der Waals surface area (Å²) in [5.74, 6) is 0. The predicted octanol–water partition coefficient (Wildman–Crippen LogP) is 12.6. The first kappa shape index (κ1) is 30.0. The van der Waals surface area contributed by atoms with Crippen molar-refractivity contribution >= 4 is 81.8 Å². The van der Waals surface area contributed by atoms with Gasteiger partial charge in [-0.2, -0.15) is 0 Å². The lowest BCUT2D eigenvalue weighted by molar-refractivity contribution is 1.23. The van der Waals surface area contributed by atoms with E-state index < -0.39 is 0 Å². The van der Waals surface area contributed by atoms with Crippen molar-refractivity contribution in [2.45, 2.75) is 0 Å². The minimum atomic E-state index is 0.741. The first-order valence-corrected chi connectivity index (χ1v) is 18.5. The minimum absolute atomic E-state index is 0.741. The van der Waals surface area contributed by atoms with Crippen LogP contribution in [-0.4, -0.2) is 24.3 Å². The van der Waals surface area contributed by atoms with Gasteiger partial charge in [0.1, 0.15) is 16.6 Å². The van der Waals surface area contributed by atoms with Crippen LogP contribution in [0.25, 0.3) is 115 Å². The fourth-order valence-electron chi connectivity index (χ4n) is 8.77. The molecule has 8 aromatic carbocycles. The van der Waals surface area contributed by atoms with Crippen LogP contribution in [0.1, 0.15) is 0 Å². The van der Waals surface area contributed by atoms with E-state index in [0.717, 1.165) is 49.9 Å². The zero-order chi connectivity index (χ0) is 36.0. The average Bonchev–Trinajstić information content (AvgIpc) is 3.64. The van der Waals surface area contributed by atoms with E-state index in [0.29, 0.717) is 0 Å². The standard InChI is InChI=1S/C50H29N5/c1-3-10-32-26-36(17-15-30(32)8-1)45-38-12-5-6-13-39(38)46(37-18-16-31-9-2-4-11-33(31)27-37)41-28-34(19-21-40(41)45)35-20-22-43-42(29-35)54-50-49-48(52-24-25-53-49)47-44(55(43)50)14-7-23-51-47/h1-29H. The summed E-state index contributed by atoms with van der Waals surface area (Å²) in [5.41, 5.74) is 13.1. The van der Waals surface area contributed by atoms with Crippen LogP contribution in [-0.2, 0) is 0 Å². The zero-order valence-corrected chi connectivity index (χ0v) is 29.5. The van der Waals surface area contributed by atoms with E-state index in [4.69, 9.17) is 15.0 Å². The molecule has 0 aliphatic carbocycles. The van der Waals surface area contributed by atoms with Gasteiger partial charge in [0.2, 0.25) is 0 Å². The second-order valence-electron chi connectivity index (χ2n) is 14.3. The van der Waals surface area contributed by atoms with Gasteiger partial charge in [0.25, 0.3) is 0 Å². The smallest absolute Gasteiger partial charge is 0.166 e. The molecule has 4 heterocycles. The highest BCUT2D eigenvalue weighted by molar-refractivity contribution is 6.22. The van der Waals surface area contributed by atoms with Gasteiger partial charge >= 0.3 is 0 Å². The number of rotatable bonds is 3. The van der Waals surface area contributed by atoms with E-state index in [-0.39, 0.29) is 0 Å². The third-order valence-corrected chi connectivity index (χ3v) is 11.2. The molecule has 0 saturated heterocycles. The molecule has 254 valence electrons. The van der Waals surface area contributed by atoms with Crippen molar-refractivity contribution in [2.75, 3.05) is 0 Å². The van der Waals surface area contributed by atoms with Crippen LogP contribution in [0.2, 0.25) is 0 Å². The third-order valence-electron chi connectivity index (χ3n) is 11.2. The van der Waals surface area contributed by atoms with Gasteiger partial charge in [0.15, 0.2) is 5.65 Å². The van der Waals surface area contributed by atoms with Gasteiger partial charge in [-0.05, 0) is 119 Å². The summed E-state index contributed by atoms with van der Waals surface area (Å²) in [4.78, 5) is 19.3. The van der Waals surface area contributed by atoms with Crippen molar-refractivity contribution in [1.82, 2.24) is 24.3 Å². The Kier molecular flexibility index (Phi) is 6.27. The van der Waals surface area contributed by atoms with Crippen LogP contribution in [0.5, 0.6) is 0 Å². The van der Waals surface area contributed by atoms with Crippen LogP contribution in [0.3, 0.4) is 0 Å². The number of fused-ring (bicyclic) bond motifs is 12. The first-order chi connectivity index (χ1) is 27.3. The van der Waals surface area contributed by atoms with E-state index in [1.54, 1.807) is 18.6 Å². The summed E-state index contributed by atoms with van der Waals surface area (Å²) < 4.78 is 2.17. The van der Waals surface area contributed by atoms with Crippen LogP contribution in [0.15, 0.2) is 176 Å². The molecular weight excluding hydrogens is 671 g/mol. The van der Waals surface area contributed by atoms with E-state index in [9.17, 15) is 0 Å². The molecule has 5 heteroatoms. The fraction of sp³-hybridized carbons (Fsp3) is 0. The summed E-state index contributed by atoms with van der Waals surface area (Å²) in [7, 11) is 0. The largest absolute Gasteiger partial charge is 0.289 e. The zero-order valence-electron chi connectivity index (χ0n) is 29.5. The molecular formula is C50H29N5. The molecule has 4 aromatic heterocycles. The summed E-state index contributed by atoms with van der Waals surface area (Å²) >= 11 is 0. The monoisotopic (exact) mass is 699 g/mol. The Hall–Kier alpha value is -7.50. The van der Waals surface area contributed by atoms with Crippen molar-refractivity contribution in [3.63, 3.8) is 0 Å². The van der Waals surface area contributed by atoms with Gasteiger partial charge in [0.05, 0.1) is 16.6 Å². The molecule has 55 heavy (non-hydrogen) atoms. The van der Waals surface area contributed by atoms with Crippen molar-refractivity contribution in [3.05, 3.63) is 176 Å². The number of aromatic nitrogens is 5. The normalized spacial score (nSPS) is 12.0. The number of benzene rings is 8. The van der Waals surface area contributed by atoms with E-state index in [1.165, 1.54) is 65.3 Å². The van der Waals surface area contributed by atoms with Crippen molar-refractivity contribution in [3.8, 4) is 33.4 Å². The SMILES string of the molecule is c1ccc2cc(-c3c4ccccc4c(-c4ccc5ccccc5c4)c4cc(-c5ccc6c(c5)nc5c7nccnc7c7ncccc7n65)ccc34)ccc2c1. The number of nitrogens with zero attached hydrogens (tertiary/aromatic N) is 5. The maximum Gasteiger partial charge on any atom is 0.166 e. The summed E-state index contributed by atoms with van der Waals surface area (Å²) in [5, 5.41) is 9.83. The van der Waals surface area contributed by atoms with Gasteiger partial charge in [-0.15, -0.1) is 0 Å². The Morgan fingerprint density at radius 3 is 1.64 bits per heavy atom. The van der Waals surface area contributed by atoms with E-state index in [2.05, 4.69) is 161 Å². The number of hydrogen-bond donors (Lipinski definition) is 0. The van der Waals surface area contributed by atoms with E-state index in [1.807, 2.05) is 6.07 Å². The van der Waals surface area contributed by atoms with Crippen LogP contribution < -0.4 is 0 Å². The molecule has 12 aromatic rings. The molecule has 0 atom stereocenters. The van der Waals surface area contributed by atoms with Gasteiger partial charge < -0.3 is 0 Å². The molecule has 0 aliphatic heterocycles. The topological polar surface area (TPSA) is 56.0 Å². The molecule has 0 N–H and O–H groups in total. The predicted molar refractivity (Wildman–Crippen MR) is 227 cm³/mol. The number of imidazole rings is 1. The molecule has 0 radical (unpaired) electrons. The van der Waals surface area contributed by atoms with Gasteiger partial charge in [0, 0.05) is 18.6 Å². The van der Waals surface area contributed by atoms with Gasteiger partial charge in [-0.25, -0.2) is 9.97 Å². The van der Waals surface area contributed by atoms with E-state index >= 15 is 0 Å². The summed E-state index contributed by atoms with van der Waals surface area (Å²) in [6.45, 7) is 0. The average molecular weight is 700 g/mol. The third kappa shape index (κ3) is 4.47. The quantitative estimate of drug-likeness (QED) is 0.136. The minimum Gasteiger partial charge on any atom is -0.289 e. The molecule has 12 rings (SSSR count). The van der Waals surface area contributed by atoms with Crippen molar-refractivity contribution in [1.29, 1.82) is 0 Å². The van der Waals surface area contributed by atoms with Crippen LogP contribution in [0, 0.1) is 0 Å². The maximum absolute atomic E-state index is 5.19. The Balaban J connectivity index is 1.14. The number of hydrogen-bond acceptors (Lipinski definition) is 4. The lowest BCUT2D eigenvalue weighted by Gasteiger charge is -2.19. The lowest BCUT2D eigenvalue weighted by atomic mass is 9.84. The highest BCUT2D eigenvalue weighted by atomic mass is 15.0. The second kappa shape index (κ2) is 11.5. The lowest BCUT2D eigenvalue weighted by Crippen LogP contribution is -1.95. The molecule has 0 spiro atoms. The Morgan fingerprint density at radius 1 is 0.345 bits per heavy atom. The highest BCUT2D eigenvalue weighted by Crippen LogP contribution is 2.46. The molecule has 0 fully saturated rings. The first-order valence-electron chi connectivity index (χ1n) is 18.5. The van der Waals surface area contributed by atoms with Crippen LogP contribution in [0.4, 0.5) is 0 Å². The number of pyridine rings is 2. The molecule has 0 bridgehead atoms. The fourth-order valence-corrected chi connectivity index (χ4v) is 8.77. The molecule has 0 amide bonds. The Morgan fingerprint density at radius 2 is 0.909 bits per heavy atom. The Bertz CT molecular complexity index is 3560. The Labute approximate surface area is 314 Å².